The van der Waals surface area contributed by atoms with Crippen molar-refractivity contribution < 1.29 is 9.18 Å². The maximum absolute atomic E-state index is 13.3. The number of anilines is 1. The summed E-state index contributed by atoms with van der Waals surface area (Å²) in [7, 11) is 0. The second-order valence-electron chi connectivity index (χ2n) is 7.43. The lowest BCUT2D eigenvalue weighted by molar-refractivity contribution is -0.117. The number of nitrogens with zero attached hydrogens (tertiary/aromatic N) is 5. The standard InChI is InChI=1S/C23H20FN5OS/c1-15(23(30)28-12-4-6-16-5-2-3-7-20(16)28)31-22-19-13-27-29(21(19)25-14-26-22)18-10-8-17(24)9-11-18/h2-3,5,7-11,13-15H,4,6,12H2,1H3/t15-/m0/s1. The van der Waals surface area contributed by atoms with Gasteiger partial charge in [0.2, 0.25) is 5.91 Å². The Kier molecular flexibility index (Phi) is 5.15. The van der Waals surface area contributed by atoms with E-state index in [1.165, 1.54) is 35.8 Å². The van der Waals surface area contributed by atoms with E-state index in [4.69, 9.17) is 0 Å². The van der Waals surface area contributed by atoms with Gasteiger partial charge in [-0.3, -0.25) is 4.79 Å². The van der Waals surface area contributed by atoms with Crippen molar-refractivity contribution in [2.75, 3.05) is 11.4 Å². The van der Waals surface area contributed by atoms with E-state index in [2.05, 4.69) is 21.1 Å². The first kappa shape index (κ1) is 19.7. The fourth-order valence-corrected chi connectivity index (χ4v) is 4.83. The van der Waals surface area contributed by atoms with Crippen molar-refractivity contribution in [3.05, 3.63) is 72.4 Å². The predicted molar refractivity (Wildman–Crippen MR) is 119 cm³/mol. The van der Waals surface area contributed by atoms with E-state index in [-0.39, 0.29) is 17.0 Å². The monoisotopic (exact) mass is 433 g/mol. The van der Waals surface area contributed by atoms with Crippen LogP contribution in [0.1, 0.15) is 18.9 Å². The molecule has 8 heteroatoms. The molecule has 0 aliphatic carbocycles. The van der Waals surface area contributed by atoms with Crippen LogP contribution in [0.4, 0.5) is 10.1 Å². The number of carbonyl (C=O) groups excluding carboxylic acids is 1. The quantitative estimate of drug-likeness (QED) is 0.352. The van der Waals surface area contributed by atoms with Gasteiger partial charge in [-0.15, -0.1) is 0 Å². The summed E-state index contributed by atoms with van der Waals surface area (Å²) < 4.78 is 14.9. The molecule has 0 bridgehead atoms. The van der Waals surface area contributed by atoms with E-state index >= 15 is 0 Å². The Hall–Kier alpha value is -3.26. The van der Waals surface area contributed by atoms with E-state index < -0.39 is 0 Å². The molecule has 1 aliphatic heterocycles. The molecule has 0 saturated carbocycles. The predicted octanol–water partition coefficient (Wildman–Crippen LogP) is 4.41. The Morgan fingerprint density at radius 3 is 2.77 bits per heavy atom. The summed E-state index contributed by atoms with van der Waals surface area (Å²) in [5.41, 5.74) is 3.54. The second-order valence-corrected chi connectivity index (χ2v) is 8.76. The van der Waals surface area contributed by atoms with Crippen LogP contribution in [0.15, 0.2) is 66.1 Å². The zero-order chi connectivity index (χ0) is 21.4. The number of hydrogen-bond acceptors (Lipinski definition) is 5. The Labute approximate surface area is 183 Å². The van der Waals surface area contributed by atoms with Crippen LogP contribution >= 0.6 is 11.8 Å². The minimum atomic E-state index is -0.321. The summed E-state index contributed by atoms with van der Waals surface area (Å²) >= 11 is 1.40. The van der Waals surface area contributed by atoms with Crippen molar-refractivity contribution in [2.45, 2.75) is 30.0 Å². The van der Waals surface area contributed by atoms with Gasteiger partial charge in [0.1, 0.15) is 17.2 Å². The molecule has 0 fully saturated rings. The molecule has 6 nitrogen and oxygen atoms in total. The van der Waals surface area contributed by atoms with Crippen LogP contribution in [0.2, 0.25) is 0 Å². The van der Waals surface area contributed by atoms with Crippen molar-refractivity contribution >= 4 is 34.4 Å². The maximum atomic E-state index is 13.3. The third-order valence-corrected chi connectivity index (χ3v) is 6.52. The van der Waals surface area contributed by atoms with Crippen molar-refractivity contribution in [1.29, 1.82) is 0 Å². The first-order chi connectivity index (χ1) is 15.1. The van der Waals surface area contributed by atoms with E-state index in [1.54, 1.807) is 23.0 Å². The number of benzene rings is 2. The summed E-state index contributed by atoms with van der Waals surface area (Å²) in [5.74, 6) is -0.243. The highest BCUT2D eigenvalue weighted by Crippen LogP contribution is 2.33. The average Bonchev–Trinajstić information content (AvgIpc) is 3.24. The van der Waals surface area contributed by atoms with Gasteiger partial charge in [-0.25, -0.2) is 19.0 Å². The molecule has 2 aromatic carbocycles. The smallest absolute Gasteiger partial charge is 0.240 e. The number of hydrogen-bond donors (Lipinski definition) is 0. The van der Waals surface area contributed by atoms with Crippen molar-refractivity contribution in [1.82, 2.24) is 19.7 Å². The molecule has 156 valence electrons. The lowest BCUT2D eigenvalue weighted by atomic mass is 10.0. The summed E-state index contributed by atoms with van der Waals surface area (Å²) in [4.78, 5) is 23.9. The second kappa shape index (κ2) is 8.11. The molecule has 0 N–H and O–H groups in total. The van der Waals surface area contributed by atoms with Gasteiger partial charge in [0.15, 0.2) is 5.65 Å². The van der Waals surface area contributed by atoms with Gasteiger partial charge in [0, 0.05) is 12.2 Å². The van der Waals surface area contributed by atoms with Crippen LogP contribution < -0.4 is 4.90 Å². The lowest BCUT2D eigenvalue weighted by Crippen LogP contribution is -2.40. The van der Waals surface area contributed by atoms with Crippen LogP contribution in [-0.4, -0.2) is 37.5 Å². The zero-order valence-corrected chi connectivity index (χ0v) is 17.7. The minimum absolute atomic E-state index is 0.0647. The first-order valence-electron chi connectivity index (χ1n) is 10.1. The molecule has 0 radical (unpaired) electrons. The van der Waals surface area contributed by atoms with E-state index in [0.717, 1.165) is 30.5 Å². The number of carbonyl (C=O) groups is 1. The molecule has 0 saturated heterocycles. The zero-order valence-electron chi connectivity index (χ0n) is 16.9. The number of rotatable bonds is 4. The molecule has 2 aromatic heterocycles. The Morgan fingerprint density at radius 1 is 1.13 bits per heavy atom. The minimum Gasteiger partial charge on any atom is -0.311 e. The van der Waals surface area contributed by atoms with Crippen LogP contribution in [-0.2, 0) is 11.2 Å². The lowest BCUT2D eigenvalue weighted by Gasteiger charge is -2.31. The highest BCUT2D eigenvalue weighted by molar-refractivity contribution is 8.00. The topological polar surface area (TPSA) is 63.9 Å². The van der Waals surface area contributed by atoms with Crippen molar-refractivity contribution in [2.24, 2.45) is 0 Å². The van der Waals surface area contributed by atoms with Gasteiger partial charge >= 0.3 is 0 Å². The molecule has 3 heterocycles. The van der Waals surface area contributed by atoms with Crippen molar-refractivity contribution in [3.8, 4) is 5.69 Å². The van der Waals surface area contributed by atoms with E-state index in [9.17, 15) is 9.18 Å². The maximum Gasteiger partial charge on any atom is 0.240 e. The SMILES string of the molecule is C[C@H](Sc1ncnc2c1cnn2-c1ccc(F)cc1)C(=O)N1CCCc2ccccc21. The third-order valence-electron chi connectivity index (χ3n) is 5.41. The number of halogens is 1. The molecular weight excluding hydrogens is 413 g/mol. The fourth-order valence-electron chi connectivity index (χ4n) is 3.89. The molecule has 0 spiro atoms. The molecular formula is C23H20FN5OS. The number of para-hydroxylation sites is 1. The fraction of sp³-hybridized carbons (Fsp3) is 0.217. The molecule has 1 atom stereocenters. The third kappa shape index (κ3) is 3.67. The van der Waals surface area contributed by atoms with Crippen LogP contribution in [0.25, 0.3) is 16.7 Å². The Morgan fingerprint density at radius 2 is 1.94 bits per heavy atom. The number of amides is 1. The van der Waals surface area contributed by atoms with Crippen LogP contribution in [0.3, 0.4) is 0 Å². The first-order valence-corrected chi connectivity index (χ1v) is 11.0. The van der Waals surface area contributed by atoms with Crippen LogP contribution in [0.5, 0.6) is 0 Å². The summed E-state index contributed by atoms with van der Waals surface area (Å²) in [5, 5.41) is 5.55. The highest BCUT2D eigenvalue weighted by Gasteiger charge is 2.27. The van der Waals surface area contributed by atoms with Gasteiger partial charge < -0.3 is 4.90 Å². The van der Waals surface area contributed by atoms with E-state index in [1.807, 2.05) is 30.0 Å². The Balaban J connectivity index is 1.42. The number of fused-ring (bicyclic) bond motifs is 2. The van der Waals surface area contributed by atoms with Gasteiger partial charge in [-0.2, -0.15) is 5.10 Å². The number of thioether (sulfide) groups is 1. The number of aryl methyl sites for hydroxylation is 1. The van der Waals surface area contributed by atoms with Gasteiger partial charge in [0.05, 0.1) is 22.5 Å². The van der Waals surface area contributed by atoms with Gasteiger partial charge in [-0.1, -0.05) is 30.0 Å². The molecule has 1 aliphatic rings. The molecule has 4 aromatic rings. The molecule has 31 heavy (non-hydrogen) atoms. The molecule has 0 unspecified atom stereocenters. The Bertz CT molecular complexity index is 1260. The van der Waals surface area contributed by atoms with Crippen molar-refractivity contribution in [3.63, 3.8) is 0 Å². The normalized spacial score (nSPS) is 14.5. The molecule has 1 amide bonds. The number of aromatic nitrogens is 4. The average molecular weight is 434 g/mol. The van der Waals surface area contributed by atoms with E-state index in [0.29, 0.717) is 16.4 Å². The van der Waals surface area contributed by atoms with Crippen LogP contribution in [0, 0.1) is 5.82 Å². The molecule has 5 rings (SSSR count). The summed E-state index contributed by atoms with van der Waals surface area (Å²) in [6, 6.07) is 14.2. The highest BCUT2D eigenvalue weighted by atomic mass is 32.2. The van der Waals surface area contributed by atoms with Gasteiger partial charge in [-0.05, 0) is 55.7 Å². The largest absolute Gasteiger partial charge is 0.311 e. The van der Waals surface area contributed by atoms with Gasteiger partial charge in [0.25, 0.3) is 0 Å². The summed E-state index contributed by atoms with van der Waals surface area (Å²) in [6.45, 7) is 2.63. The summed E-state index contributed by atoms with van der Waals surface area (Å²) in [6.07, 6.45) is 5.12.